The molecular formula is C16H23NO4. The molecule has 1 aromatic carbocycles. The molecule has 21 heavy (non-hydrogen) atoms. The number of benzene rings is 1. The van der Waals surface area contributed by atoms with Crippen molar-refractivity contribution in [2.45, 2.75) is 51.7 Å². The number of nitrogens with one attached hydrogen (secondary N) is 1. The zero-order valence-electron chi connectivity index (χ0n) is 12.8. The van der Waals surface area contributed by atoms with Gasteiger partial charge in [-0.3, -0.25) is 9.59 Å². The molecule has 1 unspecified atom stereocenters. The molecule has 1 amide bonds. The van der Waals surface area contributed by atoms with Crippen molar-refractivity contribution >= 4 is 11.9 Å². The van der Waals surface area contributed by atoms with Crippen LogP contribution >= 0.6 is 0 Å². The number of aliphatic carboxylic acids is 1. The first kappa shape index (κ1) is 17.0. The largest absolute Gasteiger partial charge is 0.481 e. The van der Waals surface area contributed by atoms with Crippen LogP contribution in [0.3, 0.4) is 0 Å². The molecule has 1 atom stereocenters. The monoisotopic (exact) mass is 293 g/mol. The van der Waals surface area contributed by atoms with E-state index in [0.717, 1.165) is 0 Å². The first-order chi connectivity index (χ1) is 9.84. The van der Waals surface area contributed by atoms with E-state index in [4.69, 9.17) is 9.84 Å². The molecule has 0 aliphatic rings. The molecule has 0 radical (unpaired) electrons. The summed E-state index contributed by atoms with van der Waals surface area (Å²) in [6.07, 6.45) is 0.339. The molecule has 2 N–H and O–H groups in total. The smallest absolute Gasteiger partial charge is 0.303 e. The average molecular weight is 293 g/mol. The summed E-state index contributed by atoms with van der Waals surface area (Å²) in [6.45, 7) is 5.49. The molecule has 5 nitrogen and oxygen atoms in total. The predicted molar refractivity (Wildman–Crippen MR) is 80.2 cm³/mol. The molecular weight excluding hydrogens is 270 g/mol. The third kappa shape index (κ3) is 6.29. The number of rotatable bonds is 8. The molecule has 0 saturated carbocycles. The maximum atomic E-state index is 12.3. The van der Waals surface area contributed by atoms with E-state index in [1.807, 2.05) is 39.0 Å². The molecule has 0 fully saturated rings. The van der Waals surface area contributed by atoms with Crippen molar-refractivity contribution in [2.75, 3.05) is 0 Å². The SMILES string of the molecule is CCC(Oc1ccccc1)C(=O)NC(C)(C)CCC(=O)O. The van der Waals surface area contributed by atoms with Gasteiger partial charge in [0.15, 0.2) is 6.10 Å². The number of carboxylic acids is 1. The standard InChI is InChI=1S/C16H23NO4/c1-4-13(21-12-8-6-5-7-9-12)15(20)17-16(2,3)11-10-14(18)19/h5-9,13H,4,10-11H2,1-3H3,(H,17,20)(H,18,19). The lowest BCUT2D eigenvalue weighted by atomic mass is 9.98. The van der Waals surface area contributed by atoms with Gasteiger partial charge in [-0.25, -0.2) is 0 Å². The van der Waals surface area contributed by atoms with Gasteiger partial charge >= 0.3 is 5.97 Å². The molecule has 0 spiro atoms. The van der Waals surface area contributed by atoms with Crippen molar-refractivity contribution in [3.8, 4) is 5.75 Å². The lowest BCUT2D eigenvalue weighted by molar-refractivity contribution is -0.138. The summed E-state index contributed by atoms with van der Waals surface area (Å²) in [4.78, 5) is 22.9. The van der Waals surface area contributed by atoms with Gasteiger partial charge in [0.05, 0.1) is 0 Å². The summed E-state index contributed by atoms with van der Waals surface area (Å²) in [5.74, 6) is -0.454. The quantitative estimate of drug-likeness (QED) is 0.772. The van der Waals surface area contributed by atoms with Gasteiger partial charge < -0.3 is 15.2 Å². The van der Waals surface area contributed by atoms with Crippen LogP contribution in [0.4, 0.5) is 0 Å². The van der Waals surface area contributed by atoms with Crippen LogP contribution in [0.2, 0.25) is 0 Å². The second-order valence-corrected chi connectivity index (χ2v) is 5.59. The van der Waals surface area contributed by atoms with Gasteiger partial charge in [0.1, 0.15) is 5.75 Å². The van der Waals surface area contributed by atoms with Crippen molar-refractivity contribution in [3.63, 3.8) is 0 Å². The summed E-state index contributed by atoms with van der Waals surface area (Å²) in [5.41, 5.74) is -0.580. The Morgan fingerprint density at radius 3 is 2.43 bits per heavy atom. The number of carboxylic acid groups (broad SMARTS) is 1. The number of para-hydroxylation sites is 1. The van der Waals surface area contributed by atoms with E-state index in [9.17, 15) is 9.59 Å². The Balaban J connectivity index is 2.60. The van der Waals surface area contributed by atoms with Crippen molar-refractivity contribution in [3.05, 3.63) is 30.3 Å². The summed E-state index contributed by atoms with van der Waals surface area (Å²) < 4.78 is 5.67. The van der Waals surface area contributed by atoms with Crippen LogP contribution in [0.15, 0.2) is 30.3 Å². The van der Waals surface area contributed by atoms with Crippen LogP contribution in [0.25, 0.3) is 0 Å². The van der Waals surface area contributed by atoms with Gasteiger partial charge in [-0.1, -0.05) is 25.1 Å². The molecule has 0 aliphatic heterocycles. The Bertz CT molecular complexity index is 470. The third-order valence-electron chi connectivity index (χ3n) is 3.11. The number of carbonyl (C=O) groups excluding carboxylic acids is 1. The van der Waals surface area contributed by atoms with Crippen LogP contribution in [0, 0.1) is 0 Å². The topological polar surface area (TPSA) is 75.6 Å². The number of ether oxygens (including phenoxy) is 1. The molecule has 0 saturated heterocycles. The van der Waals surface area contributed by atoms with Crippen molar-refractivity contribution in [2.24, 2.45) is 0 Å². The fourth-order valence-corrected chi connectivity index (χ4v) is 1.88. The molecule has 0 aliphatic carbocycles. The summed E-state index contributed by atoms with van der Waals surface area (Å²) in [6, 6.07) is 9.16. The van der Waals surface area contributed by atoms with E-state index >= 15 is 0 Å². The summed E-state index contributed by atoms with van der Waals surface area (Å²) in [5, 5.41) is 11.6. The van der Waals surface area contributed by atoms with E-state index in [1.54, 1.807) is 12.1 Å². The number of hydrogen-bond acceptors (Lipinski definition) is 3. The van der Waals surface area contributed by atoms with Gasteiger partial charge in [-0.15, -0.1) is 0 Å². The second kappa shape index (κ2) is 7.67. The third-order valence-corrected chi connectivity index (χ3v) is 3.11. The molecule has 0 bridgehead atoms. The number of hydrogen-bond donors (Lipinski definition) is 2. The first-order valence-corrected chi connectivity index (χ1v) is 7.09. The van der Waals surface area contributed by atoms with E-state index < -0.39 is 17.6 Å². The van der Waals surface area contributed by atoms with Crippen molar-refractivity contribution in [1.29, 1.82) is 0 Å². The summed E-state index contributed by atoms with van der Waals surface area (Å²) in [7, 11) is 0. The van der Waals surface area contributed by atoms with Crippen LogP contribution in [0.1, 0.15) is 40.0 Å². The van der Waals surface area contributed by atoms with E-state index in [-0.39, 0.29) is 12.3 Å². The zero-order chi connectivity index (χ0) is 15.9. The Morgan fingerprint density at radius 1 is 1.29 bits per heavy atom. The van der Waals surface area contributed by atoms with Gasteiger partial charge in [0.2, 0.25) is 0 Å². The van der Waals surface area contributed by atoms with Crippen LogP contribution in [-0.4, -0.2) is 28.6 Å². The maximum Gasteiger partial charge on any atom is 0.303 e. The molecule has 116 valence electrons. The molecule has 5 heteroatoms. The fraction of sp³-hybridized carbons (Fsp3) is 0.500. The maximum absolute atomic E-state index is 12.3. The Labute approximate surface area is 125 Å². The van der Waals surface area contributed by atoms with E-state index in [2.05, 4.69) is 5.32 Å². The van der Waals surface area contributed by atoms with Crippen LogP contribution < -0.4 is 10.1 Å². The lowest BCUT2D eigenvalue weighted by Crippen LogP contribution is -2.49. The molecule has 0 heterocycles. The lowest BCUT2D eigenvalue weighted by Gasteiger charge is -2.28. The Hall–Kier alpha value is -2.04. The fourth-order valence-electron chi connectivity index (χ4n) is 1.88. The number of amides is 1. The average Bonchev–Trinajstić information content (AvgIpc) is 2.43. The minimum absolute atomic E-state index is 0.0175. The van der Waals surface area contributed by atoms with Gasteiger partial charge in [-0.2, -0.15) is 0 Å². The molecule has 0 aromatic heterocycles. The van der Waals surface area contributed by atoms with Crippen molar-refractivity contribution < 1.29 is 19.4 Å². The van der Waals surface area contributed by atoms with Crippen LogP contribution in [-0.2, 0) is 9.59 Å². The van der Waals surface area contributed by atoms with E-state index in [0.29, 0.717) is 18.6 Å². The van der Waals surface area contributed by atoms with Gasteiger partial charge in [0.25, 0.3) is 5.91 Å². The highest BCUT2D eigenvalue weighted by Gasteiger charge is 2.26. The highest BCUT2D eigenvalue weighted by molar-refractivity contribution is 5.81. The number of carbonyl (C=O) groups is 2. The minimum atomic E-state index is -0.870. The van der Waals surface area contributed by atoms with Crippen molar-refractivity contribution in [1.82, 2.24) is 5.32 Å². The minimum Gasteiger partial charge on any atom is -0.481 e. The van der Waals surface area contributed by atoms with Crippen LogP contribution in [0.5, 0.6) is 5.75 Å². The Morgan fingerprint density at radius 2 is 1.90 bits per heavy atom. The van der Waals surface area contributed by atoms with Gasteiger partial charge in [0, 0.05) is 12.0 Å². The highest BCUT2D eigenvalue weighted by atomic mass is 16.5. The predicted octanol–water partition coefficient (Wildman–Crippen LogP) is 2.60. The summed E-state index contributed by atoms with van der Waals surface area (Å²) >= 11 is 0. The van der Waals surface area contributed by atoms with E-state index in [1.165, 1.54) is 0 Å². The second-order valence-electron chi connectivity index (χ2n) is 5.59. The highest BCUT2D eigenvalue weighted by Crippen LogP contribution is 2.15. The first-order valence-electron chi connectivity index (χ1n) is 7.09. The van der Waals surface area contributed by atoms with Gasteiger partial charge in [-0.05, 0) is 38.8 Å². The normalized spacial score (nSPS) is 12.5. The molecule has 1 aromatic rings. The Kier molecular flexibility index (Phi) is 6.21. The molecule has 1 rings (SSSR count). The zero-order valence-corrected chi connectivity index (χ0v) is 12.8.